The van der Waals surface area contributed by atoms with Crippen molar-refractivity contribution in [2.45, 2.75) is 223 Å². The lowest BCUT2D eigenvalue weighted by molar-refractivity contribution is -0.154. The minimum absolute atomic E-state index is 0.0690. The van der Waals surface area contributed by atoms with Gasteiger partial charge in [-0.3, -0.25) is 19.2 Å². The van der Waals surface area contributed by atoms with Gasteiger partial charge in [0.2, 0.25) is 0 Å². The molecule has 0 fully saturated rings. The van der Waals surface area contributed by atoms with Crippen LogP contribution in [0.5, 0.6) is 0 Å². The Balaban J connectivity index is -0.00000117. The number of ketones is 1. The number of carboxylic acid groups (broad SMARTS) is 2. The normalized spacial score (nSPS) is 11.5. The van der Waals surface area contributed by atoms with Gasteiger partial charge in [-0.25, -0.2) is 0 Å². The maximum Gasteiger partial charge on any atom is 0.311 e. The summed E-state index contributed by atoms with van der Waals surface area (Å²) in [5, 5.41) is 18.1. The van der Waals surface area contributed by atoms with Crippen molar-refractivity contribution in [3.8, 4) is 0 Å². The Morgan fingerprint density at radius 1 is 0.333 bits per heavy atom. The first-order valence-electron chi connectivity index (χ1n) is 31.3. The quantitative estimate of drug-likeness (QED) is 0.0417. The van der Waals surface area contributed by atoms with Gasteiger partial charge in [-0.05, 0) is 132 Å². The van der Waals surface area contributed by atoms with E-state index in [2.05, 4.69) is 38.2 Å². The molecule has 0 spiro atoms. The summed E-state index contributed by atoms with van der Waals surface area (Å²) in [7, 11) is 96.4. The van der Waals surface area contributed by atoms with Crippen molar-refractivity contribution >= 4 is 237 Å². The molecule has 37 heteroatoms. The van der Waals surface area contributed by atoms with Crippen LogP contribution in [0.4, 0.5) is 0 Å². The van der Waals surface area contributed by atoms with Crippen LogP contribution in [0.2, 0.25) is 0 Å². The summed E-state index contributed by atoms with van der Waals surface area (Å²) in [6.45, 7) is 19.3. The highest BCUT2D eigenvalue weighted by molar-refractivity contribution is 8.27. The third-order valence-corrected chi connectivity index (χ3v) is 16.7. The Kier molecular flexibility index (Phi) is 49.5. The van der Waals surface area contributed by atoms with Crippen LogP contribution in [0.15, 0.2) is 24.3 Å². The smallest absolute Gasteiger partial charge is 0.311 e. The third kappa shape index (κ3) is 38.9. The minimum Gasteiger partial charge on any atom is -0.481 e. The van der Waals surface area contributed by atoms with Gasteiger partial charge in [0.15, 0.2) is 0 Å². The SMILES string of the molecule is CC(C)(CCCCCC/C=C\CCCCCCC(C)(C)C(=O)O)C(=O)O.CCOC(=O)C(C)(C)CCCCCC/C=C\CCCCCCC(C)(C)C(C)=O.[B]B([B])B(B([B])[B])B(B(B([B])[B])B([B])[B])B(B(B([B])[B])B([B])[B])B(B([B])[B])B([B])[B]. The summed E-state index contributed by atoms with van der Waals surface area (Å²) in [5.41, 5.74) is -1.68. The monoisotopic (exact) mass is 1090 g/mol. The molecule has 0 rings (SSSR count). The average Bonchev–Trinajstić information content (AvgIpc) is 2.22. The van der Waals surface area contributed by atoms with Crippen LogP contribution < -0.4 is 0 Å². The third-order valence-electron chi connectivity index (χ3n) is 16.7. The molecule has 0 bridgehead atoms. The fourth-order valence-electron chi connectivity index (χ4n) is 10.6. The molecule has 0 aromatic heterocycles. The van der Waals surface area contributed by atoms with Crippen molar-refractivity contribution in [2.24, 2.45) is 21.7 Å². The van der Waals surface area contributed by atoms with E-state index in [1.54, 1.807) is 34.6 Å². The van der Waals surface area contributed by atoms with Gasteiger partial charge in [0.05, 0.1) is 22.9 Å². The number of rotatable bonds is 46. The average molecular weight is 1090 g/mol. The van der Waals surface area contributed by atoms with Gasteiger partial charge >= 0.3 is 17.9 Å². The second kappa shape index (κ2) is 47.4. The van der Waals surface area contributed by atoms with Crippen LogP contribution >= 0.6 is 0 Å². The molecular weight excluding hydrogens is 1000 g/mol. The van der Waals surface area contributed by atoms with Crippen molar-refractivity contribution in [2.75, 3.05) is 6.61 Å². The first-order valence-corrected chi connectivity index (χ1v) is 31.3. The number of ether oxygens (including phenoxy) is 1. The van der Waals surface area contributed by atoms with Crippen molar-refractivity contribution in [1.29, 1.82) is 0 Å². The summed E-state index contributed by atoms with van der Waals surface area (Å²) in [6.07, 6.45) is 21.9. The van der Waals surface area contributed by atoms with E-state index < -0.39 is 112 Å². The first kappa shape index (κ1) is 87.7. The predicted molar refractivity (Wildman–Crippen MR) is 399 cm³/mol. The standard InChI is InChI=1S/C25H46O3.C22H40O4.B30/c1-7-28-23(27)25(5,6)21-19-17-15-13-11-9-8-10-12-14-16-18-20-24(3,4)22(2)26;1-21(2,19(23)24)17-15-13-11-9-7-5-6-8-10-12-14-16-18-22(3,4)20(25)26;1-17(2)25(18(3)4)29(26(19(5)6)20(7)8)30(27(21(9)10)22(11)12)28(23(13)14)24(15)16/h8-9H,7,10-21H2,1-6H3;5-6H,7-18H2,1-4H3,(H,23,24)(H,25,26);/b9-8-;6-5-;. The van der Waals surface area contributed by atoms with E-state index in [1.807, 2.05) is 20.8 Å². The zero-order valence-electron chi connectivity index (χ0n) is 54.2. The van der Waals surface area contributed by atoms with Crippen molar-refractivity contribution in [1.82, 2.24) is 0 Å². The van der Waals surface area contributed by atoms with E-state index in [1.165, 1.54) is 70.6 Å². The zero-order chi connectivity index (χ0) is 65.6. The number of unbranched alkanes of at least 4 members (excludes halogenated alkanes) is 16. The molecule has 0 saturated heterocycles. The number of carboxylic acids is 2. The lowest BCUT2D eigenvalue weighted by Crippen LogP contribution is -2.88. The highest BCUT2D eigenvalue weighted by atomic mass is 16.5. The molecule has 0 aliphatic rings. The molecule has 0 aliphatic carbocycles. The molecule has 0 unspecified atom stereocenters. The van der Waals surface area contributed by atoms with Gasteiger partial charge in [0.25, 0.3) is 0 Å². The van der Waals surface area contributed by atoms with Gasteiger partial charge < -0.3 is 14.9 Å². The minimum atomic E-state index is -1.07. The second-order valence-corrected chi connectivity index (χ2v) is 26.3. The van der Waals surface area contributed by atoms with Gasteiger partial charge in [0.1, 0.15) is 5.78 Å². The summed E-state index contributed by atoms with van der Waals surface area (Å²) < 4.78 is 5.13. The summed E-state index contributed by atoms with van der Waals surface area (Å²) in [6, 6.07) is 0. The number of aliphatic carboxylic acids is 2. The van der Waals surface area contributed by atoms with Gasteiger partial charge in [-0.2, -0.15) is 0 Å². The van der Waals surface area contributed by atoms with Crippen LogP contribution in [-0.4, -0.2) is 254 Å². The number of hydrogen-bond acceptors (Lipinski definition) is 5. The molecule has 0 saturated carbocycles. The second-order valence-electron chi connectivity index (χ2n) is 26.3. The number of esters is 1. The number of allylic oxidation sites excluding steroid dienone is 4. The highest BCUT2D eigenvalue weighted by Gasteiger charge is 2.52. The topological polar surface area (TPSA) is 118 Å². The van der Waals surface area contributed by atoms with Crippen LogP contribution in [0.25, 0.3) is 0 Å². The lowest BCUT2D eigenvalue weighted by Gasteiger charge is -2.50. The molecule has 0 aliphatic heterocycles. The Hall–Kier alpha value is -0.492. The Morgan fingerprint density at radius 2 is 0.536 bits per heavy atom. The fourth-order valence-corrected chi connectivity index (χ4v) is 10.6. The Morgan fingerprint density at radius 3 is 0.726 bits per heavy atom. The van der Waals surface area contributed by atoms with Crippen LogP contribution in [0.3, 0.4) is 0 Å². The largest absolute Gasteiger partial charge is 0.481 e. The van der Waals surface area contributed by atoms with E-state index in [-0.39, 0.29) is 16.8 Å². The molecule has 84 heavy (non-hydrogen) atoms. The molecule has 0 aromatic rings. The number of Topliss-reactive ketones (excluding diaryl/α,β-unsaturated/α-hetero) is 1. The molecule has 406 valence electrons. The molecule has 2 N–H and O–H groups in total. The van der Waals surface area contributed by atoms with Gasteiger partial charge in [-0.1, -0.05) is 115 Å². The van der Waals surface area contributed by atoms with Crippen LogP contribution in [-0.2, 0) is 23.9 Å². The highest BCUT2D eigenvalue weighted by Crippen LogP contribution is 2.28. The van der Waals surface area contributed by atoms with E-state index in [0.717, 1.165) is 83.5 Å². The summed E-state index contributed by atoms with van der Waals surface area (Å²) >= 11 is 0. The van der Waals surface area contributed by atoms with Crippen molar-refractivity contribution < 1.29 is 34.1 Å². The van der Waals surface area contributed by atoms with E-state index >= 15 is 0 Å². The summed E-state index contributed by atoms with van der Waals surface area (Å²) in [4.78, 5) is 45.3. The summed E-state index contributed by atoms with van der Waals surface area (Å²) in [5.74, 6) is -1.17. The van der Waals surface area contributed by atoms with Gasteiger partial charge in [0, 0.05) is 219 Å². The Bertz CT molecular complexity index is 1660. The van der Waals surface area contributed by atoms with E-state index in [9.17, 15) is 19.2 Å². The molecule has 0 heterocycles. The molecule has 32 radical (unpaired) electrons. The maximum atomic E-state index is 11.8. The van der Waals surface area contributed by atoms with Gasteiger partial charge in [-0.15, -0.1) is 0 Å². The molecular formula is C47H86B30O7. The van der Waals surface area contributed by atoms with E-state index in [0.29, 0.717) is 12.4 Å². The van der Waals surface area contributed by atoms with Crippen molar-refractivity contribution in [3.63, 3.8) is 0 Å². The maximum absolute atomic E-state index is 11.8. The molecule has 0 amide bonds. The lowest BCUT2D eigenvalue weighted by atomic mass is 8.31. The molecule has 0 atom stereocenters. The fraction of sp³-hybridized carbons (Fsp3) is 0.830. The van der Waals surface area contributed by atoms with Crippen LogP contribution in [0.1, 0.15) is 223 Å². The number of carbonyl (C=O) groups is 4. The first-order chi connectivity index (χ1) is 38.8. The van der Waals surface area contributed by atoms with E-state index in [4.69, 9.17) is 139 Å². The van der Waals surface area contributed by atoms with Crippen molar-refractivity contribution in [3.05, 3.63) is 24.3 Å². The Labute approximate surface area is 543 Å². The number of hydrogen-bond donors (Lipinski definition) is 2. The molecule has 0 aromatic carbocycles. The molecule has 7 nitrogen and oxygen atoms in total. The zero-order valence-corrected chi connectivity index (χ0v) is 54.2. The van der Waals surface area contributed by atoms with Crippen LogP contribution in [0, 0.1) is 21.7 Å². The number of carbonyl (C=O) groups excluding carboxylic acids is 2. The predicted octanol–water partition coefficient (Wildman–Crippen LogP) is 2.45.